The molecule has 2 nitrogen and oxygen atoms in total. The topological polar surface area (TPSA) is 8.81 Å². The van der Waals surface area contributed by atoms with Crippen LogP contribution in [0.4, 0.5) is 0 Å². The van der Waals surface area contributed by atoms with E-state index < -0.39 is 0 Å². The lowest BCUT2D eigenvalue weighted by molar-refractivity contribution is -0.662. The van der Waals surface area contributed by atoms with Crippen molar-refractivity contribution in [2.24, 2.45) is 7.05 Å². The number of hydrogen-bond donors (Lipinski definition) is 0. The number of aryl methyl sites for hydroxylation is 4. The standard InChI is InChI=1S/C20H23N2/c1-15-9-5-6-12-17(15)20-21(2)18-13-8-11-16-10-4-3-7-14-22(20)19(16)18/h5-6,8-9,11-13H,3-4,7,10,14H2,1-2H3/q+1. The minimum absolute atomic E-state index is 1.12. The summed E-state index contributed by atoms with van der Waals surface area (Å²) in [5, 5.41) is 0. The fourth-order valence-corrected chi connectivity index (χ4v) is 3.89. The Hall–Kier alpha value is -2.09. The first-order chi connectivity index (χ1) is 10.8. The molecule has 2 heteroatoms. The van der Waals surface area contributed by atoms with Crippen LogP contribution in [0.15, 0.2) is 42.5 Å². The molecule has 3 aromatic rings. The second kappa shape index (κ2) is 5.28. The first-order valence-electron chi connectivity index (χ1n) is 8.33. The molecule has 0 N–H and O–H groups in total. The Balaban J connectivity index is 2.10. The molecule has 1 aliphatic heterocycles. The summed E-state index contributed by atoms with van der Waals surface area (Å²) >= 11 is 0. The Morgan fingerprint density at radius 3 is 2.68 bits per heavy atom. The summed E-state index contributed by atoms with van der Waals surface area (Å²) in [4.78, 5) is 0. The van der Waals surface area contributed by atoms with Gasteiger partial charge in [-0.2, -0.15) is 0 Å². The summed E-state index contributed by atoms with van der Waals surface area (Å²) in [6.45, 7) is 3.34. The van der Waals surface area contributed by atoms with E-state index in [2.05, 4.69) is 65.6 Å². The SMILES string of the molecule is Cc1ccccc1-c1n(C)c2cccc3c2[n+]1CCCCC3. The van der Waals surface area contributed by atoms with Gasteiger partial charge in [-0.25, -0.2) is 9.13 Å². The van der Waals surface area contributed by atoms with Crippen molar-refractivity contribution in [3.8, 4) is 11.4 Å². The van der Waals surface area contributed by atoms with E-state index in [-0.39, 0.29) is 0 Å². The largest absolute Gasteiger partial charge is 0.289 e. The maximum atomic E-state index is 2.56. The van der Waals surface area contributed by atoms with Crippen molar-refractivity contribution < 1.29 is 4.57 Å². The van der Waals surface area contributed by atoms with Crippen LogP contribution in [0.25, 0.3) is 22.4 Å². The van der Waals surface area contributed by atoms with Crippen LogP contribution in [-0.4, -0.2) is 4.57 Å². The van der Waals surface area contributed by atoms with Crippen LogP contribution in [-0.2, 0) is 20.0 Å². The van der Waals surface area contributed by atoms with Gasteiger partial charge in [-0.05, 0) is 50.3 Å². The van der Waals surface area contributed by atoms with E-state index >= 15 is 0 Å². The molecule has 0 radical (unpaired) electrons. The quantitative estimate of drug-likeness (QED) is 0.595. The molecule has 22 heavy (non-hydrogen) atoms. The van der Waals surface area contributed by atoms with E-state index in [0.29, 0.717) is 0 Å². The molecule has 0 amide bonds. The third-order valence-corrected chi connectivity index (χ3v) is 5.02. The summed E-state index contributed by atoms with van der Waals surface area (Å²) in [5.41, 5.74) is 7.02. The van der Waals surface area contributed by atoms with Crippen molar-refractivity contribution in [3.63, 3.8) is 0 Å². The smallest absolute Gasteiger partial charge is 0.226 e. The highest BCUT2D eigenvalue weighted by Gasteiger charge is 2.27. The summed E-state index contributed by atoms with van der Waals surface area (Å²) in [5.74, 6) is 1.35. The number of para-hydroxylation sites is 1. The predicted molar refractivity (Wildman–Crippen MR) is 90.8 cm³/mol. The number of hydrogen-bond acceptors (Lipinski definition) is 0. The summed E-state index contributed by atoms with van der Waals surface area (Å²) < 4.78 is 4.94. The normalized spacial score (nSPS) is 14.8. The van der Waals surface area contributed by atoms with Crippen LogP contribution in [0.2, 0.25) is 0 Å². The molecular weight excluding hydrogens is 268 g/mol. The molecule has 112 valence electrons. The minimum Gasteiger partial charge on any atom is -0.226 e. The van der Waals surface area contributed by atoms with Gasteiger partial charge in [0.2, 0.25) is 0 Å². The predicted octanol–water partition coefficient (Wildman–Crippen LogP) is 4.17. The third-order valence-electron chi connectivity index (χ3n) is 5.02. The van der Waals surface area contributed by atoms with Crippen LogP contribution >= 0.6 is 0 Å². The molecule has 0 saturated carbocycles. The molecule has 2 heterocycles. The molecule has 0 atom stereocenters. The second-order valence-electron chi connectivity index (χ2n) is 6.44. The summed E-state index contributed by atoms with van der Waals surface area (Å²) in [6, 6.07) is 15.5. The highest BCUT2D eigenvalue weighted by molar-refractivity contribution is 5.79. The highest BCUT2D eigenvalue weighted by atomic mass is 15.2. The van der Waals surface area contributed by atoms with Gasteiger partial charge in [-0.1, -0.05) is 30.3 Å². The van der Waals surface area contributed by atoms with E-state index in [9.17, 15) is 0 Å². The van der Waals surface area contributed by atoms with Gasteiger partial charge in [-0.15, -0.1) is 0 Å². The molecule has 2 aromatic carbocycles. The Kier molecular flexibility index (Phi) is 3.25. The second-order valence-corrected chi connectivity index (χ2v) is 6.44. The summed E-state index contributed by atoms with van der Waals surface area (Å²) in [6.07, 6.45) is 5.12. The van der Waals surface area contributed by atoms with Crippen molar-refractivity contribution in [2.75, 3.05) is 0 Å². The maximum Gasteiger partial charge on any atom is 0.289 e. The fourth-order valence-electron chi connectivity index (χ4n) is 3.89. The van der Waals surface area contributed by atoms with E-state index in [1.54, 1.807) is 0 Å². The molecule has 0 bridgehead atoms. The molecule has 0 spiro atoms. The van der Waals surface area contributed by atoms with Gasteiger partial charge in [0, 0.05) is 5.56 Å². The van der Waals surface area contributed by atoms with Gasteiger partial charge in [0.25, 0.3) is 5.82 Å². The Labute approximate surface area is 132 Å². The summed E-state index contributed by atoms with van der Waals surface area (Å²) in [7, 11) is 2.21. The lowest BCUT2D eigenvalue weighted by Gasteiger charge is -2.10. The zero-order valence-electron chi connectivity index (χ0n) is 13.5. The first kappa shape index (κ1) is 13.6. The van der Waals surface area contributed by atoms with Crippen LogP contribution in [0.5, 0.6) is 0 Å². The lowest BCUT2D eigenvalue weighted by atomic mass is 10.0. The molecule has 0 saturated heterocycles. The molecule has 1 aliphatic rings. The Morgan fingerprint density at radius 2 is 1.82 bits per heavy atom. The van der Waals surface area contributed by atoms with Gasteiger partial charge in [0.05, 0.1) is 19.2 Å². The van der Waals surface area contributed by atoms with Crippen LogP contribution < -0.4 is 4.57 Å². The van der Waals surface area contributed by atoms with Crippen molar-refractivity contribution in [2.45, 2.75) is 39.2 Å². The van der Waals surface area contributed by atoms with Crippen molar-refractivity contribution in [1.82, 2.24) is 4.57 Å². The van der Waals surface area contributed by atoms with Crippen LogP contribution in [0, 0.1) is 6.92 Å². The van der Waals surface area contributed by atoms with Crippen LogP contribution in [0.1, 0.15) is 30.4 Å². The molecular formula is C20H23N2+. The van der Waals surface area contributed by atoms with Gasteiger partial charge in [0.1, 0.15) is 0 Å². The molecule has 0 fully saturated rings. The number of imidazole rings is 1. The number of benzene rings is 2. The zero-order chi connectivity index (χ0) is 15.1. The van der Waals surface area contributed by atoms with Gasteiger partial charge in [0.15, 0.2) is 11.0 Å². The first-order valence-corrected chi connectivity index (χ1v) is 8.33. The maximum absolute atomic E-state index is 2.56. The average molecular weight is 291 g/mol. The van der Waals surface area contributed by atoms with Crippen molar-refractivity contribution in [3.05, 3.63) is 53.6 Å². The number of rotatable bonds is 1. The van der Waals surface area contributed by atoms with Crippen LogP contribution in [0.3, 0.4) is 0 Å². The van der Waals surface area contributed by atoms with E-state index in [0.717, 1.165) is 6.54 Å². The monoisotopic (exact) mass is 291 g/mol. The van der Waals surface area contributed by atoms with Gasteiger partial charge < -0.3 is 0 Å². The molecule has 4 rings (SSSR count). The van der Waals surface area contributed by atoms with Gasteiger partial charge >= 0.3 is 0 Å². The lowest BCUT2D eigenvalue weighted by Crippen LogP contribution is -2.37. The van der Waals surface area contributed by atoms with E-state index in [4.69, 9.17) is 0 Å². The zero-order valence-corrected chi connectivity index (χ0v) is 13.5. The molecule has 0 aliphatic carbocycles. The number of nitrogens with zero attached hydrogens (tertiary/aromatic N) is 2. The Morgan fingerprint density at radius 1 is 0.955 bits per heavy atom. The van der Waals surface area contributed by atoms with Crippen molar-refractivity contribution in [1.29, 1.82) is 0 Å². The Bertz CT molecular complexity index is 842. The van der Waals surface area contributed by atoms with E-state index in [1.165, 1.54) is 59.2 Å². The average Bonchev–Trinajstić information content (AvgIpc) is 2.78. The minimum atomic E-state index is 1.12. The third kappa shape index (κ3) is 1.98. The van der Waals surface area contributed by atoms with Crippen molar-refractivity contribution >= 4 is 11.0 Å². The fraction of sp³-hybridized carbons (Fsp3) is 0.350. The number of aromatic nitrogens is 2. The van der Waals surface area contributed by atoms with Gasteiger partial charge in [-0.3, -0.25) is 0 Å². The van der Waals surface area contributed by atoms with E-state index in [1.807, 2.05) is 0 Å². The molecule has 0 unspecified atom stereocenters. The highest BCUT2D eigenvalue weighted by Crippen LogP contribution is 2.28. The molecule has 1 aromatic heterocycles.